The first-order valence-corrected chi connectivity index (χ1v) is 6.65. The molecule has 0 unspecified atom stereocenters. The molecule has 3 aromatic carbocycles. The van der Waals surface area contributed by atoms with E-state index in [1.54, 1.807) is 6.08 Å². The number of hydrogen-bond donors (Lipinski definition) is 0. The molecule has 0 saturated carbocycles. The Morgan fingerprint density at radius 2 is 1.55 bits per heavy atom. The summed E-state index contributed by atoms with van der Waals surface area (Å²) in [5.74, 6) is -0.208. The molecule has 0 aliphatic carbocycles. The number of hydrogen-bond acceptors (Lipinski definition) is 0. The number of fused-ring (bicyclic) bond motifs is 1. The maximum absolute atomic E-state index is 14.2. The van der Waals surface area contributed by atoms with Crippen LogP contribution in [0, 0.1) is 6.92 Å². The minimum absolute atomic E-state index is 0.208. The highest BCUT2D eigenvalue weighted by molar-refractivity contribution is 5.87. The number of benzene rings is 3. The molecule has 0 spiro atoms. The van der Waals surface area contributed by atoms with E-state index in [-0.39, 0.29) is 5.83 Å². The minimum atomic E-state index is -0.208. The zero-order valence-corrected chi connectivity index (χ0v) is 11.3. The van der Waals surface area contributed by atoms with Gasteiger partial charge in [0.1, 0.15) is 5.83 Å². The molecule has 0 nitrogen and oxygen atoms in total. The lowest BCUT2D eigenvalue weighted by molar-refractivity contribution is 0.765. The van der Waals surface area contributed by atoms with Crippen LogP contribution in [0.3, 0.4) is 0 Å². The zero-order chi connectivity index (χ0) is 13.9. The van der Waals surface area contributed by atoms with E-state index >= 15 is 0 Å². The molecule has 0 atom stereocenters. The monoisotopic (exact) mass is 262 g/mol. The van der Waals surface area contributed by atoms with Gasteiger partial charge in [0.25, 0.3) is 0 Å². The Balaban J connectivity index is 1.98. The van der Waals surface area contributed by atoms with Crippen LogP contribution in [0.15, 0.2) is 66.7 Å². The van der Waals surface area contributed by atoms with E-state index in [1.807, 2.05) is 67.6 Å². The predicted octanol–water partition coefficient (Wildman–Crippen LogP) is 5.62. The summed E-state index contributed by atoms with van der Waals surface area (Å²) in [7, 11) is 0. The van der Waals surface area contributed by atoms with Gasteiger partial charge in [0, 0.05) is 5.56 Å². The summed E-state index contributed by atoms with van der Waals surface area (Å²) >= 11 is 0. The van der Waals surface area contributed by atoms with Crippen LogP contribution in [-0.4, -0.2) is 0 Å². The fourth-order valence-corrected chi connectivity index (χ4v) is 2.24. The number of aryl methyl sites for hydroxylation is 1. The molecule has 0 aliphatic heterocycles. The van der Waals surface area contributed by atoms with Gasteiger partial charge in [-0.05, 0) is 35.4 Å². The summed E-state index contributed by atoms with van der Waals surface area (Å²) in [4.78, 5) is 0. The van der Waals surface area contributed by atoms with Gasteiger partial charge in [-0.1, -0.05) is 66.2 Å². The van der Waals surface area contributed by atoms with E-state index in [2.05, 4.69) is 6.07 Å². The number of halogens is 1. The van der Waals surface area contributed by atoms with Gasteiger partial charge in [-0.3, -0.25) is 0 Å². The van der Waals surface area contributed by atoms with Crippen molar-refractivity contribution >= 4 is 22.7 Å². The quantitative estimate of drug-likeness (QED) is 0.526. The molecule has 20 heavy (non-hydrogen) atoms. The topological polar surface area (TPSA) is 0 Å². The largest absolute Gasteiger partial charge is 0.206 e. The van der Waals surface area contributed by atoms with E-state index < -0.39 is 0 Å². The summed E-state index contributed by atoms with van der Waals surface area (Å²) in [6.07, 6.45) is 1.58. The van der Waals surface area contributed by atoms with Gasteiger partial charge in [0.05, 0.1) is 0 Å². The highest BCUT2D eigenvalue weighted by Gasteiger charge is 2.01. The summed E-state index contributed by atoms with van der Waals surface area (Å²) < 4.78 is 14.2. The summed E-state index contributed by atoms with van der Waals surface area (Å²) in [6, 6.07) is 21.5. The average molecular weight is 262 g/mol. The van der Waals surface area contributed by atoms with E-state index in [0.717, 1.165) is 16.5 Å². The second kappa shape index (κ2) is 5.30. The molecule has 0 heterocycles. The first-order valence-electron chi connectivity index (χ1n) is 6.65. The third-order valence-corrected chi connectivity index (χ3v) is 3.39. The fraction of sp³-hybridized carbons (Fsp3) is 0.0526. The maximum atomic E-state index is 14.2. The molecular formula is C19H15F. The lowest BCUT2D eigenvalue weighted by Gasteiger charge is -2.02. The van der Waals surface area contributed by atoms with Gasteiger partial charge in [-0.25, -0.2) is 4.39 Å². The van der Waals surface area contributed by atoms with Crippen molar-refractivity contribution in [1.29, 1.82) is 0 Å². The van der Waals surface area contributed by atoms with Crippen LogP contribution in [0.25, 0.3) is 22.7 Å². The van der Waals surface area contributed by atoms with Crippen molar-refractivity contribution in [2.45, 2.75) is 6.92 Å². The zero-order valence-electron chi connectivity index (χ0n) is 11.3. The second-order valence-corrected chi connectivity index (χ2v) is 4.96. The lowest BCUT2D eigenvalue weighted by atomic mass is 10.1. The smallest absolute Gasteiger partial charge is 0.131 e. The molecular weight excluding hydrogens is 247 g/mol. The third kappa shape index (κ3) is 2.62. The van der Waals surface area contributed by atoms with Gasteiger partial charge >= 0.3 is 0 Å². The molecule has 0 radical (unpaired) electrons. The van der Waals surface area contributed by atoms with Crippen molar-refractivity contribution < 1.29 is 4.39 Å². The molecule has 0 fully saturated rings. The van der Waals surface area contributed by atoms with Crippen LogP contribution in [0.5, 0.6) is 0 Å². The van der Waals surface area contributed by atoms with Crippen LogP contribution in [0.2, 0.25) is 0 Å². The Kier molecular flexibility index (Phi) is 3.34. The van der Waals surface area contributed by atoms with E-state index in [4.69, 9.17) is 0 Å². The van der Waals surface area contributed by atoms with Gasteiger partial charge < -0.3 is 0 Å². The molecule has 0 saturated heterocycles. The average Bonchev–Trinajstić information content (AvgIpc) is 2.48. The predicted molar refractivity (Wildman–Crippen MR) is 84.1 cm³/mol. The Labute approximate surface area is 118 Å². The first-order chi connectivity index (χ1) is 9.72. The molecule has 0 aliphatic rings. The van der Waals surface area contributed by atoms with Crippen LogP contribution < -0.4 is 0 Å². The highest BCUT2D eigenvalue weighted by atomic mass is 19.1. The van der Waals surface area contributed by atoms with E-state index in [0.29, 0.717) is 5.56 Å². The highest BCUT2D eigenvalue weighted by Crippen LogP contribution is 2.22. The Hall–Kier alpha value is -2.41. The summed E-state index contributed by atoms with van der Waals surface area (Å²) in [5, 5.41) is 2.29. The third-order valence-electron chi connectivity index (χ3n) is 3.39. The SMILES string of the molecule is Cc1ccc(C(F)=Cc2ccc3ccccc3c2)cc1. The molecule has 3 aromatic rings. The van der Waals surface area contributed by atoms with Crippen LogP contribution in [0.4, 0.5) is 4.39 Å². The van der Waals surface area contributed by atoms with Crippen molar-refractivity contribution in [2.75, 3.05) is 0 Å². The molecule has 0 aromatic heterocycles. The Morgan fingerprint density at radius 3 is 2.30 bits per heavy atom. The van der Waals surface area contributed by atoms with Crippen LogP contribution in [0.1, 0.15) is 16.7 Å². The van der Waals surface area contributed by atoms with Crippen LogP contribution >= 0.6 is 0 Å². The van der Waals surface area contributed by atoms with E-state index in [9.17, 15) is 4.39 Å². The maximum Gasteiger partial charge on any atom is 0.131 e. The van der Waals surface area contributed by atoms with Gasteiger partial charge in [0.15, 0.2) is 0 Å². The first kappa shape index (κ1) is 12.6. The molecule has 3 rings (SSSR count). The Bertz CT molecular complexity index is 767. The van der Waals surface area contributed by atoms with Gasteiger partial charge in [0.2, 0.25) is 0 Å². The van der Waals surface area contributed by atoms with Crippen molar-refractivity contribution in [1.82, 2.24) is 0 Å². The molecule has 0 amide bonds. The molecule has 0 bridgehead atoms. The molecule has 98 valence electrons. The second-order valence-electron chi connectivity index (χ2n) is 4.96. The summed E-state index contributed by atoms with van der Waals surface area (Å²) in [6.45, 7) is 1.99. The normalized spacial score (nSPS) is 11.8. The molecule has 1 heteroatoms. The minimum Gasteiger partial charge on any atom is -0.206 e. The van der Waals surface area contributed by atoms with Gasteiger partial charge in [-0.2, -0.15) is 0 Å². The number of rotatable bonds is 2. The summed E-state index contributed by atoms with van der Waals surface area (Å²) in [5.41, 5.74) is 2.62. The van der Waals surface area contributed by atoms with Gasteiger partial charge in [-0.15, -0.1) is 0 Å². The van der Waals surface area contributed by atoms with Crippen molar-refractivity contribution in [3.8, 4) is 0 Å². The lowest BCUT2D eigenvalue weighted by Crippen LogP contribution is -1.80. The standard InChI is InChI=1S/C19H15F/c1-14-6-9-17(10-7-14)19(20)13-15-8-11-16-4-2-3-5-18(16)12-15/h2-13H,1H3. The van der Waals surface area contributed by atoms with Crippen molar-refractivity contribution in [3.63, 3.8) is 0 Å². The van der Waals surface area contributed by atoms with E-state index in [1.165, 1.54) is 5.39 Å². The van der Waals surface area contributed by atoms with Crippen molar-refractivity contribution in [3.05, 3.63) is 83.4 Å². The van der Waals surface area contributed by atoms with Crippen LogP contribution in [-0.2, 0) is 0 Å². The molecule has 0 N–H and O–H groups in total. The Morgan fingerprint density at radius 1 is 0.850 bits per heavy atom. The fourth-order valence-electron chi connectivity index (χ4n) is 2.24. The van der Waals surface area contributed by atoms with Crippen molar-refractivity contribution in [2.24, 2.45) is 0 Å².